The summed E-state index contributed by atoms with van der Waals surface area (Å²) in [6.45, 7) is 15.5. The molecule has 1 fully saturated rings. The van der Waals surface area contributed by atoms with Gasteiger partial charge >= 0.3 is 5.97 Å². The van der Waals surface area contributed by atoms with Crippen molar-refractivity contribution < 1.29 is 9.53 Å². The van der Waals surface area contributed by atoms with Crippen LogP contribution in [0.25, 0.3) is 0 Å². The first kappa shape index (κ1) is 22.4. The molecular formula is C27H42O2. The molecule has 0 radical (unpaired) electrons. The molecule has 1 aromatic rings. The fourth-order valence-corrected chi connectivity index (χ4v) is 6.14. The van der Waals surface area contributed by atoms with Crippen molar-refractivity contribution in [1.82, 2.24) is 0 Å². The molecule has 0 spiro atoms. The van der Waals surface area contributed by atoms with Crippen LogP contribution in [0.3, 0.4) is 0 Å². The lowest BCUT2D eigenvalue weighted by molar-refractivity contribution is -0.178. The van der Waals surface area contributed by atoms with Crippen LogP contribution in [0.1, 0.15) is 116 Å². The van der Waals surface area contributed by atoms with Crippen molar-refractivity contribution in [2.75, 3.05) is 0 Å². The number of carbonyl (C=O) groups is 1. The van der Waals surface area contributed by atoms with E-state index in [0.717, 1.165) is 44.9 Å². The molecule has 0 heterocycles. The van der Waals surface area contributed by atoms with E-state index in [-0.39, 0.29) is 22.4 Å². The smallest absolute Gasteiger partial charge is 0.312 e. The lowest BCUT2D eigenvalue weighted by Crippen LogP contribution is -2.53. The highest BCUT2D eigenvalue weighted by atomic mass is 16.6. The quantitative estimate of drug-likeness (QED) is 0.469. The van der Waals surface area contributed by atoms with Crippen LogP contribution < -0.4 is 0 Å². The molecule has 2 heteroatoms. The second kappa shape index (κ2) is 8.08. The molecule has 0 saturated heterocycles. The maximum absolute atomic E-state index is 13.5. The fourth-order valence-electron chi connectivity index (χ4n) is 6.14. The molecule has 0 aliphatic heterocycles. The van der Waals surface area contributed by atoms with Gasteiger partial charge in [-0.3, -0.25) is 4.79 Å². The summed E-state index contributed by atoms with van der Waals surface area (Å²) in [4.78, 5) is 13.5. The topological polar surface area (TPSA) is 26.3 Å². The van der Waals surface area contributed by atoms with Crippen LogP contribution in [-0.2, 0) is 21.4 Å². The summed E-state index contributed by atoms with van der Waals surface area (Å²) < 4.78 is 6.18. The highest BCUT2D eigenvalue weighted by Gasteiger charge is 2.56. The summed E-state index contributed by atoms with van der Waals surface area (Å²) in [5, 5.41) is 0. The Morgan fingerprint density at radius 1 is 1.24 bits per heavy atom. The van der Waals surface area contributed by atoms with E-state index in [9.17, 15) is 4.79 Å². The molecule has 0 amide bonds. The Bertz CT molecular complexity index is 747. The Hall–Kier alpha value is -1.31. The van der Waals surface area contributed by atoms with Crippen molar-refractivity contribution >= 4 is 5.97 Å². The molecule has 0 N–H and O–H groups in total. The average molecular weight is 399 g/mol. The van der Waals surface area contributed by atoms with Gasteiger partial charge in [0.05, 0.1) is 5.41 Å². The molecule has 3 unspecified atom stereocenters. The largest absolute Gasteiger partial charge is 0.459 e. The minimum Gasteiger partial charge on any atom is -0.459 e. The molecule has 0 bridgehead atoms. The van der Waals surface area contributed by atoms with Gasteiger partial charge in [-0.05, 0) is 93.2 Å². The summed E-state index contributed by atoms with van der Waals surface area (Å²) >= 11 is 0. The van der Waals surface area contributed by atoms with E-state index in [1.807, 2.05) is 0 Å². The predicted octanol–water partition coefficient (Wildman–Crippen LogP) is 7.33. The third-order valence-electron chi connectivity index (χ3n) is 8.01. The highest BCUT2D eigenvalue weighted by Crippen LogP contribution is 2.58. The monoisotopic (exact) mass is 398 g/mol. The number of fused-ring (bicyclic) bond motifs is 3. The molecule has 162 valence electrons. The van der Waals surface area contributed by atoms with Crippen LogP contribution in [0.5, 0.6) is 0 Å². The number of benzene rings is 1. The van der Waals surface area contributed by atoms with E-state index in [1.165, 1.54) is 23.1 Å². The highest BCUT2D eigenvalue weighted by molar-refractivity contribution is 5.78. The lowest BCUT2D eigenvalue weighted by atomic mass is 9.49. The molecule has 2 aliphatic carbocycles. The fraction of sp³-hybridized carbons (Fsp3) is 0.741. The number of esters is 1. The number of hydrogen-bond acceptors (Lipinski definition) is 2. The van der Waals surface area contributed by atoms with Gasteiger partial charge < -0.3 is 4.74 Å². The van der Waals surface area contributed by atoms with E-state index < -0.39 is 0 Å². The minimum absolute atomic E-state index is 0.0387. The summed E-state index contributed by atoms with van der Waals surface area (Å²) in [5.41, 5.74) is 3.75. The summed E-state index contributed by atoms with van der Waals surface area (Å²) in [6, 6.07) is 7.12. The molecule has 3 rings (SSSR count). The van der Waals surface area contributed by atoms with Crippen molar-refractivity contribution in [3.8, 4) is 0 Å². The van der Waals surface area contributed by atoms with Crippen molar-refractivity contribution in [3.05, 3.63) is 34.9 Å². The molecule has 2 aliphatic rings. The van der Waals surface area contributed by atoms with Crippen LogP contribution in [0.2, 0.25) is 0 Å². The Labute approximate surface area is 178 Å². The zero-order valence-electron chi connectivity index (χ0n) is 19.9. The standard InChI is InChI=1S/C27H42O2/c1-8-9-15-25(4,5)29-24(28)27(7)17-10-16-26(6)22-13-11-20(19(2)3)18-21(22)12-14-23(26)27/h11,13,18-19,23H,8-10,12,14-17H2,1-7H3. The van der Waals surface area contributed by atoms with Gasteiger partial charge in [-0.1, -0.05) is 58.7 Å². The molecule has 29 heavy (non-hydrogen) atoms. The zero-order valence-corrected chi connectivity index (χ0v) is 19.9. The van der Waals surface area contributed by atoms with Gasteiger partial charge in [0.1, 0.15) is 5.60 Å². The van der Waals surface area contributed by atoms with Gasteiger partial charge in [-0.2, -0.15) is 0 Å². The van der Waals surface area contributed by atoms with Crippen molar-refractivity contribution in [2.24, 2.45) is 11.3 Å². The van der Waals surface area contributed by atoms with Gasteiger partial charge in [0.15, 0.2) is 0 Å². The van der Waals surface area contributed by atoms with Gasteiger partial charge in [0.2, 0.25) is 0 Å². The second-order valence-corrected chi connectivity index (χ2v) is 11.1. The van der Waals surface area contributed by atoms with Crippen LogP contribution in [-0.4, -0.2) is 11.6 Å². The Morgan fingerprint density at radius 3 is 2.62 bits per heavy atom. The molecular weight excluding hydrogens is 356 g/mol. The van der Waals surface area contributed by atoms with Gasteiger partial charge in [0.25, 0.3) is 0 Å². The molecule has 0 aromatic heterocycles. The number of unbranched alkanes of at least 4 members (excludes halogenated alkanes) is 1. The number of hydrogen-bond donors (Lipinski definition) is 0. The average Bonchev–Trinajstić information content (AvgIpc) is 2.65. The van der Waals surface area contributed by atoms with Crippen LogP contribution in [0.15, 0.2) is 18.2 Å². The van der Waals surface area contributed by atoms with E-state index in [1.54, 1.807) is 0 Å². The molecule has 3 atom stereocenters. The number of ether oxygens (including phenoxy) is 1. The van der Waals surface area contributed by atoms with Crippen molar-refractivity contribution in [2.45, 2.75) is 117 Å². The first-order valence-corrected chi connectivity index (χ1v) is 11.9. The van der Waals surface area contributed by atoms with E-state index in [4.69, 9.17) is 4.74 Å². The predicted molar refractivity (Wildman–Crippen MR) is 121 cm³/mol. The maximum Gasteiger partial charge on any atom is 0.312 e. The first-order valence-electron chi connectivity index (χ1n) is 11.9. The number of aryl methyl sites for hydroxylation is 1. The van der Waals surface area contributed by atoms with Gasteiger partial charge in [0, 0.05) is 0 Å². The first-order chi connectivity index (χ1) is 13.5. The minimum atomic E-state index is -0.384. The third kappa shape index (κ3) is 4.14. The van der Waals surface area contributed by atoms with Crippen molar-refractivity contribution in [1.29, 1.82) is 0 Å². The normalized spacial score (nSPS) is 29.3. The van der Waals surface area contributed by atoms with Crippen molar-refractivity contribution in [3.63, 3.8) is 0 Å². The Balaban J connectivity index is 1.89. The van der Waals surface area contributed by atoms with Crippen LogP contribution in [0.4, 0.5) is 0 Å². The number of rotatable bonds is 6. The number of carbonyl (C=O) groups excluding carboxylic acids is 1. The van der Waals surface area contributed by atoms with Gasteiger partial charge in [-0.25, -0.2) is 0 Å². The van der Waals surface area contributed by atoms with Gasteiger partial charge in [-0.15, -0.1) is 0 Å². The van der Waals surface area contributed by atoms with E-state index in [2.05, 4.69) is 66.7 Å². The second-order valence-electron chi connectivity index (χ2n) is 11.1. The Kier molecular flexibility index (Phi) is 6.23. The third-order valence-corrected chi connectivity index (χ3v) is 8.01. The summed E-state index contributed by atoms with van der Waals surface area (Å²) in [6.07, 6.45) is 8.57. The maximum atomic E-state index is 13.5. The zero-order chi connectivity index (χ0) is 21.4. The molecule has 2 nitrogen and oxygen atoms in total. The van der Waals surface area contributed by atoms with E-state index >= 15 is 0 Å². The van der Waals surface area contributed by atoms with E-state index in [0.29, 0.717) is 11.8 Å². The van der Waals surface area contributed by atoms with Crippen LogP contribution >= 0.6 is 0 Å². The molecule has 1 saturated carbocycles. The summed E-state index contributed by atoms with van der Waals surface area (Å²) in [5.74, 6) is 0.954. The lowest BCUT2D eigenvalue weighted by Gasteiger charge is -2.54. The molecule has 1 aromatic carbocycles. The van der Waals surface area contributed by atoms with Crippen LogP contribution in [0, 0.1) is 11.3 Å². The SMILES string of the molecule is CCCCC(C)(C)OC(=O)C1(C)CCCC2(C)c3ccc(C(C)C)cc3CCC12. The summed E-state index contributed by atoms with van der Waals surface area (Å²) in [7, 11) is 0. The Morgan fingerprint density at radius 2 is 1.97 bits per heavy atom.